The fourth-order valence-electron chi connectivity index (χ4n) is 7.53. The number of aliphatic hydroxyl groups is 1. The van der Waals surface area contributed by atoms with E-state index in [1.807, 2.05) is 74.5 Å². The second kappa shape index (κ2) is 12.8. The van der Waals surface area contributed by atoms with Gasteiger partial charge in [0.2, 0.25) is 11.8 Å². The minimum Gasteiger partial charge on any atom is -0.460 e. The Morgan fingerprint density at radius 1 is 1.00 bits per heavy atom. The van der Waals surface area contributed by atoms with Gasteiger partial charge in [-0.2, -0.15) is 0 Å². The monoisotopic (exact) mass is 627 g/mol. The first-order valence-corrected chi connectivity index (χ1v) is 16.0. The lowest BCUT2D eigenvalue weighted by atomic mass is 9.74. The molecule has 0 saturated carbocycles. The smallest absolute Gasteiger partial charge is 0.313 e. The third-order valence-electron chi connectivity index (χ3n) is 9.61. The van der Waals surface area contributed by atoms with E-state index in [-0.39, 0.29) is 31.3 Å². The molecule has 3 amide bonds. The van der Waals surface area contributed by atoms with Gasteiger partial charge in [-0.15, -0.1) is 0 Å². The Hall–Kier alpha value is -4.28. The third kappa shape index (κ3) is 5.54. The number of likely N-dealkylation sites (tertiary alicyclic amines) is 1. The van der Waals surface area contributed by atoms with Crippen LogP contribution in [0.5, 0.6) is 0 Å². The van der Waals surface area contributed by atoms with E-state index in [4.69, 9.17) is 9.47 Å². The lowest BCUT2D eigenvalue weighted by molar-refractivity contribution is -0.159. The van der Waals surface area contributed by atoms with Crippen molar-refractivity contribution in [2.45, 2.75) is 69.9 Å². The fourth-order valence-corrected chi connectivity index (χ4v) is 7.53. The third-order valence-corrected chi connectivity index (χ3v) is 9.61. The Morgan fingerprint density at radius 2 is 1.74 bits per heavy atom. The first-order valence-electron chi connectivity index (χ1n) is 16.0. The average Bonchev–Trinajstić information content (AvgIpc) is 3.68. The molecule has 4 aliphatic heterocycles. The van der Waals surface area contributed by atoms with Gasteiger partial charge in [-0.05, 0) is 50.3 Å². The standard InChI is InChI=1S/C36H41N3O7/c1-22-11-10-12-23(2)31(22)38-18-9-5-8-15-28(41)37-20-24(3)45-35(44)29-27-16-17-36(46-27)30(29)33(42)39(32(36)34(38)43)26(21-40)19-25-13-6-4-7-14-25/h4-7,9-14,16-17,24,26-27,29-30,32,40H,8,15,18-21H2,1-3H3,(H,37,41)/b9-5-/t24-,26-,27+,29-,30-,32+,36-/m1/s1. The molecule has 10 heteroatoms. The predicted octanol–water partition coefficient (Wildman–Crippen LogP) is 2.79. The van der Waals surface area contributed by atoms with Crippen molar-refractivity contribution in [3.63, 3.8) is 0 Å². The maximum absolute atomic E-state index is 15.2. The molecule has 0 radical (unpaired) electrons. The van der Waals surface area contributed by atoms with Crippen LogP contribution in [-0.2, 0) is 35.1 Å². The van der Waals surface area contributed by atoms with Crippen molar-refractivity contribution in [3.8, 4) is 0 Å². The molecule has 4 heterocycles. The van der Waals surface area contributed by atoms with Crippen LogP contribution in [0.25, 0.3) is 0 Å². The molecule has 2 saturated heterocycles. The zero-order valence-electron chi connectivity index (χ0n) is 26.4. The Balaban J connectivity index is 1.49. The van der Waals surface area contributed by atoms with Crippen molar-refractivity contribution in [2.75, 3.05) is 24.6 Å². The highest BCUT2D eigenvalue weighted by Crippen LogP contribution is 2.56. The Labute approximate surface area is 269 Å². The van der Waals surface area contributed by atoms with Gasteiger partial charge in [0.25, 0.3) is 5.91 Å². The molecule has 0 aliphatic carbocycles. The summed E-state index contributed by atoms with van der Waals surface area (Å²) in [5, 5.41) is 13.6. The van der Waals surface area contributed by atoms with Gasteiger partial charge in [-0.1, -0.05) is 72.8 Å². The number of benzene rings is 2. The molecule has 2 aromatic carbocycles. The zero-order chi connectivity index (χ0) is 32.6. The Bertz CT molecular complexity index is 1550. The number of hydrogen-bond donors (Lipinski definition) is 2. The topological polar surface area (TPSA) is 125 Å². The van der Waals surface area contributed by atoms with Crippen LogP contribution in [0.1, 0.15) is 36.5 Å². The minimum atomic E-state index is -1.43. The van der Waals surface area contributed by atoms with Crippen molar-refractivity contribution in [3.05, 3.63) is 89.5 Å². The summed E-state index contributed by atoms with van der Waals surface area (Å²) in [6.45, 7) is 5.47. The maximum atomic E-state index is 15.2. The SMILES string of the molecule is Cc1cccc(C)c1N1C/C=C\CCC(=O)NC[C@@H](C)OC(=O)[C@@H]2[C@@H]3C=C[C@]4(O3)[C@H](C1=O)N([C@@H](CO)Cc1ccccc1)C(=O)[C@@H]24. The number of amides is 3. The van der Waals surface area contributed by atoms with Crippen LogP contribution >= 0.6 is 0 Å². The number of aliphatic hydroxyl groups excluding tert-OH is 1. The number of fused-ring (bicyclic) bond motifs is 2. The molecule has 46 heavy (non-hydrogen) atoms. The van der Waals surface area contributed by atoms with Gasteiger partial charge in [-0.25, -0.2) is 0 Å². The number of nitrogens with zero attached hydrogens (tertiary/aromatic N) is 2. The molecule has 5 bridgehead atoms. The maximum Gasteiger partial charge on any atom is 0.313 e. The minimum absolute atomic E-state index is 0.128. The summed E-state index contributed by atoms with van der Waals surface area (Å²) in [6, 6.07) is 13.4. The van der Waals surface area contributed by atoms with E-state index in [9.17, 15) is 19.5 Å². The average molecular weight is 628 g/mol. The van der Waals surface area contributed by atoms with E-state index in [2.05, 4.69) is 5.32 Å². The number of esters is 1. The molecule has 0 unspecified atom stereocenters. The highest BCUT2D eigenvalue weighted by molar-refractivity contribution is 6.06. The van der Waals surface area contributed by atoms with Gasteiger partial charge in [0, 0.05) is 18.7 Å². The summed E-state index contributed by atoms with van der Waals surface area (Å²) >= 11 is 0. The quantitative estimate of drug-likeness (QED) is 0.386. The largest absolute Gasteiger partial charge is 0.460 e. The predicted molar refractivity (Wildman–Crippen MR) is 171 cm³/mol. The molecule has 0 aromatic heterocycles. The molecule has 7 atom stereocenters. The van der Waals surface area contributed by atoms with Crippen molar-refractivity contribution in [1.29, 1.82) is 0 Å². The molecular formula is C36H41N3O7. The molecule has 2 N–H and O–H groups in total. The summed E-state index contributed by atoms with van der Waals surface area (Å²) < 4.78 is 12.3. The lowest BCUT2D eigenvalue weighted by Crippen LogP contribution is -2.59. The zero-order valence-corrected chi connectivity index (χ0v) is 26.4. The molecule has 2 aromatic rings. The number of ether oxygens (including phenoxy) is 2. The molecule has 6 rings (SSSR count). The van der Waals surface area contributed by atoms with Crippen molar-refractivity contribution >= 4 is 29.4 Å². The lowest BCUT2D eigenvalue weighted by Gasteiger charge is -2.39. The molecular weight excluding hydrogens is 586 g/mol. The van der Waals surface area contributed by atoms with E-state index in [0.29, 0.717) is 18.5 Å². The second-order valence-corrected chi connectivity index (χ2v) is 12.7. The molecule has 2 fully saturated rings. The van der Waals surface area contributed by atoms with Crippen molar-refractivity contribution in [1.82, 2.24) is 10.2 Å². The van der Waals surface area contributed by atoms with Gasteiger partial charge >= 0.3 is 5.97 Å². The van der Waals surface area contributed by atoms with Gasteiger partial charge < -0.3 is 29.7 Å². The first kappa shape index (κ1) is 31.7. The number of carbonyl (C=O) groups excluding carboxylic acids is 4. The van der Waals surface area contributed by atoms with Crippen molar-refractivity contribution < 1.29 is 33.8 Å². The second-order valence-electron chi connectivity index (χ2n) is 12.7. The summed E-state index contributed by atoms with van der Waals surface area (Å²) in [4.78, 5) is 59.2. The van der Waals surface area contributed by atoms with E-state index < -0.39 is 60.2 Å². The first-order chi connectivity index (χ1) is 22.2. The van der Waals surface area contributed by atoms with E-state index in [1.165, 1.54) is 4.90 Å². The van der Waals surface area contributed by atoms with Crippen LogP contribution in [0.15, 0.2) is 72.8 Å². The number of anilines is 1. The van der Waals surface area contributed by atoms with Gasteiger partial charge in [0.15, 0.2) is 0 Å². The number of cyclic esters (lactones) is 1. The Morgan fingerprint density at radius 3 is 2.46 bits per heavy atom. The van der Waals surface area contributed by atoms with Gasteiger partial charge in [-0.3, -0.25) is 19.2 Å². The van der Waals surface area contributed by atoms with Crippen LogP contribution < -0.4 is 10.2 Å². The highest BCUT2D eigenvalue weighted by Gasteiger charge is 2.74. The van der Waals surface area contributed by atoms with Crippen molar-refractivity contribution in [2.24, 2.45) is 11.8 Å². The number of allylic oxidation sites excluding steroid dienone is 1. The molecule has 1 spiro atoms. The summed E-state index contributed by atoms with van der Waals surface area (Å²) in [5.41, 5.74) is 1.93. The number of aryl methyl sites for hydroxylation is 2. The van der Waals surface area contributed by atoms with Gasteiger partial charge in [0.1, 0.15) is 23.7 Å². The molecule has 242 valence electrons. The van der Waals surface area contributed by atoms with Crippen LogP contribution in [0, 0.1) is 25.7 Å². The van der Waals surface area contributed by atoms with E-state index in [0.717, 1.165) is 16.7 Å². The van der Waals surface area contributed by atoms with Gasteiger partial charge in [0.05, 0.1) is 31.2 Å². The van der Waals surface area contributed by atoms with Crippen LogP contribution in [0.2, 0.25) is 0 Å². The number of rotatable bonds is 5. The van der Waals surface area contributed by atoms with E-state index >= 15 is 4.79 Å². The summed E-state index contributed by atoms with van der Waals surface area (Å²) in [5.74, 6) is -3.62. The number of hydrogen-bond acceptors (Lipinski definition) is 7. The summed E-state index contributed by atoms with van der Waals surface area (Å²) in [7, 11) is 0. The highest BCUT2D eigenvalue weighted by atomic mass is 16.6. The van der Waals surface area contributed by atoms with Crippen LogP contribution in [0.4, 0.5) is 5.69 Å². The van der Waals surface area contributed by atoms with Crippen LogP contribution in [-0.4, -0.2) is 83.3 Å². The Kier molecular flexibility index (Phi) is 8.85. The summed E-state index contributed by atoms with van der Waals surface area (Å²) in [6.07, 6.45) is 6.84. The van der Waals surface area contributed by atoms with Crippen LogP contribution in [0.3, 0.4) is 0 Å². The van der Waals surface area contributed by atoms with E-state index in [1.54, 1.807) is 24.0 Å². The number of nitrogens with one attached hydrogen (secondary N) is 1. The normalized spacial score (nSPS) is 31.1. The number of carbonyl (C=O) groups is 4. The fraction of sp³-hybridized carbons (Fsp3) is 0.444. The molecule has 4 aliphatic rings. The molecule has 10 nitrogen and oxygen atoms in total. The number of para-hydroxylation sites is 1.